The van der Waals surface area contributed by atoms with Crippen LogP contribution in [0.15, 0.2) is 47.6 Å². The fourth-order valence-electron chi connectivity index (χ4n) is 2.41. The van der Waals surface area contributed by atoms with Gasteiger partial charge in [0.25, 0.3) is 0 Å². The summed E-state index contributed by atoms with van der Waals surface area (Å²) in [6, 6.07) is 13.2. The molecule has 2 aromatic carbocycles. The van der Waals surface area contributed by atoms with Gasteiger partial charge in [0.15, 0.2) is 17.3 Å². The highest BCUT2D eigenvalue weighted by atomic mass is 32.1. The molecule has 6 nitrogen and oxygen atoms in total. The predicted molar refractivity (Wildman–Crippen MR) is 99.9 cm³/mol. The Hall–Kier alpha value is -2.93. The molecule has 7 heteroatoms. The molecule has 0 atom stereocenters. The number of nitrogens with one attached hydrogen (secondary N) is 1. The molecule has 0 spiro atoms. The standard InChI is InChI=1S/C18H18N4O2S/c1-3-24-15-9-5-8-14(16(15)23)11-19-22-17(20-21-18(22)25)13-7-4-6-12(2)10-13/h4-11,23H,3H2,1-2H3,(H,21,25). The molecule has 0 saturated heterocycles. The summed E-state index contributed by atoms with van der Waals surface area (Å²) >= 11 is 5.27. The van der Waals surface area contributed by atoms with Gasteiger partial charge < -0.3 is 9.84 Å². The van der Waals surface area contributed by atoms with Crippen LogP contribution < -0.4 is 4.74 Å². The summed E-state index contributed by atoms with van der Waals surface area (Å²) in [4.78, 5) is 0. The molecule has 0 radical (unpaired) electrons. The van der Waals surface area contributed by atoms with Gasteiger partial charge in [0.1, 0.15) is 0 Å². The van der Waals surface area contributed by atoms with E-state index in [0.29, 0.717) is 28.5 Å². The molecule has 0 unspecified atom stereocenters. The van der Waals surface area contributed by atoms with Crippen LogP contribution in [0.5, 0.6) is 11.5 Å². The molecule has 2 N–H and O–H groups in total. The number of benzene rings is 2. The van der Waals surface area contributed by atoms with Crippen LogP contribution in [0.2, 0.25) is 0 Å². The van der Waals surface area contributed by atoms with Crippen molar-refractivity contribution in [2.75, 3.05) is 6.61 Å². The van der Waals surface area contributed by atoms with Gasteiger partial charge in [0, 0.05) is 11.1 Å². The van der Waals surface area contributed by atoms with E-state index in [2.05, 4.69) is 15.3 Å². The lowest BCUT2D eigenvalue weighted by Crippen LogP contribution is -1.97. The number of phenolic OH excluding ortho intramolecular Hbond substituents is 1. The van der Waals surface area contributed by atoms with Crippen molar-refractivity contribution in [3.63, 3.8) is 0 Å². The maximum Gasteiger partial charge on any atom is 0.216 e. The summed E-state index contributed by atoms with van der Waals surface area (Å²) in [5.74, 6) is 1.06. The average Bonchev–Trinajstić information content (AvgIpc) is 2.97. The summed E-state index contributed by atoms with van der Waals surface area (Å²) in [5, 5.41) is 21.7. The predicted octanol–water partition coefficient (Wildman–Crippen LogP) is 3.90. The number of aromatic hydroxyl groups is 1. The minimum Gasteiger partial charge on any atom is -0.504 e. The molecule has 25 heavy (non-hydrogen) atoms. The zero-order valence-corrected chi connectivity index (χ0v) is 14.7. The van der Waals surface area contributed by atoms with Gasteiger partial charge in [-0.2, -0.15) is 14.9 Å². The highest BCUT2D eigenvalue weighted by molar-refractivity contribution is 7.71. The van der Waals surface area contributed by atoms with E-state index in [-0.39, 0.29) is 5.75 Å². The number of ether oxygens (including phenoxy) is 1. The molecule has 0 fully saturated rings. The van der Waals surface area contributed by atoms with E-state index in [1.807, 2.05) is 38.1 Å². The molecule has 128 valence electrons. The Balaban J connectivity index is 1.99. The van der Waals surface area contributed by atoms with Crippen molar-refractivity contribution in [2.45, 2.75) is 13.8 Å². The van der Waals surface area contributed by atoms with Crippen LogP contribution in [0, 0.1) is 11.7 Å². The minimum absolute atomic E-state index is 0.0419. The van der Waals surface area contributed by atoms with Crippen molar-refractivity contribution in [1.29, 1.82) is 0 Å². The lowest BCUT2D eigenvalue weighted by Gasteiger charge is -2.07. The van der Waals surface area contributed by atoms with E-state index < -0.39 is 0 Å². The van der Waals surface area contributed by atoms with Gasteiger partial charge in [-0.1, -0.05) is 29.8 Å². The third-order valence-electron chi connectivity index (χ3n) is 3.57. The van der Waals surface area contributed by atoms with Crippen LogP contribution in [0.1, 0.15) is 18.1 Å². The van der Waals surface area contributed by atoms with E-state index in [0.717, 1.165) is 11.1 Å². The van der Waals surface area contributed by atoms with E-state index in [1.54, 1.807) is 18.2 Å². The molecular formula is C18H18N4O2S. The normalized spacial score (nSPS) is 11.1. The zero-order valence-electron chi connectivity index (χ0n) is 13.9. The van der Waals surface area contributed by atoms with Crippen molar-refractivity contribution in [3.05, 3.63) is 58.4 Å². The number of hydrogen-bond donors (Lipinski definition) is 2. The number of H-pyrrole nitrogens is 1. The molecule has 3 rings (SSSR count). The maximum absolute atomic E-state index is 10.3. The second-order valence-corrected chi connectivity index (χ2v) is 5.79. The van der Waals surface area contributed by atoms with Crippen molar-refractivity contribution in [2.24, 2.45) is 5.10 Å². The van der Waals surface area contributed by atoms with Crippen molar-refractivity contribution < 1.29 is 9.84 Å². The summed E-state index contributed by atoms with van der Waals surface area (Å²) < 4.78 is 7.28. The van der Waals surface area contributed by atoms with Gasteiger partial charge in [0.2, 0.25) is 4.77 Å². The summed E-state index contributed by atoms with van der Waals surface area (Å²) in [7, 11) is 0. The molecule has 0 bridgehead atoms. The van der Waals surface area contributed by atoms with Gasteiger partial charge >= 0.3 is 0 Å². The van der Waals surface area contributed by atoms with Gasteiger partial charge in [-0.05, 0) is 44.3 Å². The number of rotatable bonds is 5. The molecule has 0 aliphatic rings. The molecule has 1 heterocycles. The Kier molecular flexibility index (Phi) is 4.95. The molecule has 0 saturated carbocycles. The average molecular weight is 354 g/mol. The summed E-state index contributed by atoms with van der Waals surface area (Å²) in [6.45, 7) is 4.34. The molecule has 0 amide bonds. The van der Waals surface area contributed by atoms with Crippen LogP contribution in [-0.4, -0.2) is 32.8 Å². The molecule has 0 aliphatic heterocycles. The first-order valence-corrected chi connectivity index (χ1v) is 8.24. The van der Waals surface area contributed by atoms with Crippen molar-refractivity contribution in [3.8, 4) is 22.9 Å². The van der Waals surface area contributed by atoms with Crippen LogP contribution in [0.25, 0.3) is 11.4 Å². The van der Waals surface area contributed by atoms with Gasteiger partial charge in [0.05, 0.1) is 12.8 Å². The van der Waals surface area contributed by atoms with Crippen molar-refractivity contribution >= 4 is 18.4 Å². The fourth-order valence-corrected chi connectivity index (χ4v) is 2.58. The maximum atomic E-state index is 10.3. The quantitative estimate of drug-likeness (QED) is 0.538. The minimum atomic E-state index is 0.0419. The zero-order chi connectivity index (χ0) is 17.8. The van der Waals surface area contributed by atoms with Gasteiger partial charge in [-0.15, -0.1) is 0 Å². The number of para-hydroxylation sites is 1. The third kappa shape index (κ3) is 3.61. The van der Waals surface area contributed by atoms with Crippen LogP contribution >= 0.6 is 12.2 Å². The summed E-state index contributed by atoms with van der Waals surface area (Å²) in [5.41, 5.74) is 2.55. The first kappa shape index (κ1) is 16.9. The first-order valence-electron chi connectivity index (χ1n) is 7.83. The molecule has 1 aromatic heterocycles. The van der Waals surface area contributed by atoms with Crippen LogP contribution in [0.4, 0.5) is 0 Å². The lowest BCUT2D eigenvalue weighted by molar-refractivity contribution is 0.318. The van der Waals surface area contributed by atoms with Gasteiger partial charge in [-0.25, -0.2) is 5.10 Å². The number of aryl methyl sites for hydroxylation is 1. The lowest BCUT2D eigenvalue weighted by atomic mass is 10.1. The van der Waals surface area contributed by atoms with Crippen LogP contribution in [-0.2, 0) is 0 Å². The molecular weight excluding hydrogens is 336 g/mol. The molecule has 0 aliphatic carbocycles. The Morgan fingerprint density at radius 2 is 2.12 bits per heavy atom. The number of aromatic nitrogens is 3. The largest absolute Gasteiger partial charge is 0.504 e. The Morgan fingerprint density at radius 3 is 2.88 bits per heavy atom. The smallest absolute Gasteiger partial charge is 0.216 e. The van der Waals surface area contributed by atoms with E-state index in [4.69, 9.17) is 17.0 Å². The van der Waals surface area contributed by atoms with E-state index >= 15 is 0 Å². The Labute approximate surface area is 150 Å². The van der Waals surface area contributed by atoms with Crippen LogP contribution in [0.3, 0.4) is 0 Å². The topological polar surface area (TPSA) is 75.4 Å². The third-order valence-corrected chi connectivity index (χ3v) is 3.83. The first-order chi connectivity index (χ1) is 12.1. The highest BCUT2D eigenvalue weighted by Gasteiger charge is 2.09. The highest BCUT2D eigenvalue weighted by Crippen LogP contribution is 2.28. The Bertz CT molecular complexity index is 975. The number of phenols is 1. The SMILES string of the molecule is CCOc1cccc(C=Nn2c(-c3cccc(C)c3)n[nH]c2=S)c1O. The number of hydrogen-bond acceptors (Lipinski definition) is 5. The van der Waals surface area contributed by atoms with E-state index in [1.165, 1.54) is 10.9 Å². The Morgan fingerprint density at radius 1 is 1.32 bits per heavy atom. The van der Waals surface area contributed by atoms with E-state index in [9.17, 15) is 5.11 Å². The number of aromatic amines is 1. The number of nitrogens with zero attached hydrogens (tertiary/aromatic N) is 3. The van der Waals surface area contributed by atoms with Crippen molar-refractivity contribution in [1.82, 2.24) is 14.9 Å². The monoisotopic (exact) mass is 354 g/mol. The second-order valence-electron chi connectivity index (χ2n) is 5.41. The summed E-state index contributed by atoms with van der Waals surface area (Å²) in [6.07, 6.45) is 1.53. The fraction of sp³-hybridized carbons (Fsp3) is 0.167. The molecule has 3 aromatic rings. The second kappa shape index (κ2) is 7.31. The van der Waals surface area contributed by atoms with Gasteiger partial charge in [-0.3, -0.25) is 0 Å².